The van der Waals surface area contributed by atoms with Crippen molar-refractivity contribution in [2.45, 2.75) is 18.9 Å². The Morgan fingerprint density at radius 1 is 1.19 bits per heavy atom. The molecule has 2 aliphatic rings. The van der Waals surface area contributed by atoms with Crippen LogP contribution in [0.2, 0.25) is 0 Å². The molecule has 1 aromatic carbocycles. The first kappa shape index (κ1) is 18.7. The van der Waals surface area contributed by atoms with Gasteiger partial charge in [-0.3, -0.25) is 4.79 Å². The van der Waals surface area contributed by atoms with Crippen molar-refractivity contribution in [3.63, 3.8) is 0 Å². The first-order valence-corrected chi connectivity index (χ1v) is 9.23. The number of nitrogens with zero attached hydrogens (tertiary/aromatic N) is 2. The monoisotopic (exact) mass is 393 g/mol. The number of likely N-dealkylation sites (tertiary alicyclic amines) is 1. The van der Waals surface area contributed by atoms with Crippen LogP contribution in [0, 0.1) is 0 Å². The molecule has 1 saturated heterocycles. The number of benzene rings is 1. The van der Waals surface area contributed by atoms with E-state index in [0.717, 1.165) is 25.9 Å². The molecule has 2 aromatic rings. The normalized spacial score (nSPS) is 17.4. The molecular formula is C18H20ClN3O3S. The number of halogens is 1. The molecule has 0 atom stereocenters. The molecule has 0 spiro atoms. The average Bonchev–Trinajstić information content (AvgIpc) is 3.04. The van der Waals surface area contributed by atoms with E-state index in [0.29, 0.717) is 22.6 Å². The Kier molecular flexibility index (Phi) is 5.50. The number of ether oxygens (including phenoxy) is 1. The number of hydrogen-bond donors (Lipinski definition) is 1. The highest BCUT2D eigenvalue weighted by molar-refractivity contribution is 7.08. The quantitative estimate of drug-likeness (QED) is 0.792. The van der Waals surface area contributed by atoms with Gasteiger partial charge in [0, 0.05) is 23.8 Å². The largest absolute Gasteiger partial charge is 0.445 e. The number of fused-ring (bicyclic) bond motifs is 2. The van der Waals surface area contributed by atoms with Crippen LogP contribution in [-0.4, -0.2) is 43.1 Å². The van der Waals surface area contributed by atoms with Crippen molar-refractivity contribution in [3.8, 4) is 0 Å². The lowest BCUT2D eigenvalue weighted by molar-refractivity contribution is 0.0632. The van der Waals surface area contributed by atoms with E-state index in [2.05, 4.69) is 17.3 Å². The number of rotatable bonds is 1. The summed E-state index contributed by atoms with van der Waals surface area (Å²) in [5.41, 5.74) is 2.30. The van der Waals surface area contributed by atoms with E-state index < -0.39 is 6.09 Å². The van der Waals surface area contributed by atoms with Crippen LogP contribution in [0.25, 0.3) is 0 Å². The minimum Gasteiger partial charge on any atom is -0.445 e. The van der Waals surface area contributed by atoms with E-state index in [1.807, 2.05) is 23.6 Å². The molecule has 0 radical (unpaired) electrons. The molecule has 4 rings (SSSR count). The molecule has 0 saturated carbocycles. The zero-order valence-electron chi connectivity index (χ0n) is 14.3. The minimum atomic E-state index is -0.432. The van der Waals surface area contributed by atoms with Gasteiger partial charge < -0.3 is 15.0 Å². The second-order valence-electron chi connectivity index (χ2n) is 6.36. The Hall–Kier alpha value is -2.09. The molecule has 1 N–H and O–H groups in total. The molecule has 1 fully saturated rings. The van der Waals surface area contributed by atoms with E-state index in [1.54, 1.807) is 11.4 Å². The minimum absolute atomic E-state index is 0. The third-order valence-electron chi connectivity index (χ3n) is 4.64. The summed E-state index contributed by atoms with van der Waals surface area (Å²) in [6.07, 6.45) is 1.12. The summed E-state index contributed by atoms with van der Waals surface area (Å²) in [6, 6.07) is 7.28. The van der Waals surface area contributed by atoms with Gasteiger partial charge in [-0.1, -0.05) is 12.1 Å². The molecule has 0 aliphatic carbocycles. The molecule has 0 bridgehead atoms. The van der Waals surface area contributed by atoms with Crippen molar-refractivity contribution in [1.29, 1.82) is 0 Å². The zero-order chi connectivity index (χ0) is 17.4. The maximum absolute atomic E-state index is 13.0. The molecule has 8 heteroatoms. The third kappa shape index (κ3) is 3.42. The number of piperidine rings is 1. The van der Waals surface area contributed by atoms with Gasteiger partial charge in [0.25, 0.3) is 5.91 Å². The first-order chi connectivity index (χ1) is 12.1. The van der Waals surface area contributed by atoms with E-state index in [-0.39, 0.29) is 24.4 Å². The fraction of sp³-hybridized carbons (Fsp3) is 0.333. The highest BCUT2D eigenvalue weighted by atomic mass is 35.5. The van der Waals surface area contributed by atoms with Crippen LogP contribution in [0.4, 0.5) is 21.9 Å². The summed E-state index contributed by atoms with van der Waals surface area (Å²) >= 11 is 1.39. The number of carbonyl (C=O) groups excluding carboxylic acids is 2. The lowest BCUT2D eigenvalue weighted by atomic mass is 10.1. The fourth-order valence-corrected chi connectivity index (χ4v) is 4.02. The first-order valence-electron chi connectivity index (χ1n) is 8.29. The number of hydrogen-bond acceptors (Lipinski definition) is 5. The lowest BCUT2D eigenvalue weighted by Crippen LogP contribution is -2.38. The summed E-state index contributed by atoms with van der Waals surface area (Å²) in [4.78, 5) is 29.2. The SMILES string of the molecule is CN1CCC(OC(=O)N2c3ccccc3NC(=O)c3cscc32)CC1.Cl. The Balaban J connectivity index is 0.00000196. The number of para-hydroxylation sites is 2. The van der Waals surface area contributed by atoms with Crippen molar-refractivity contribution < 1.29 is 14.3 Å². The molecule has 2 aliphatic heterocycles. The van der Waals surface area contributed by atoms with Crippen LogP contribution >= 0.6 is 23.7 Å². The van der Waals surface area contributed by atoms with Gasteiger partial charge in [0.05, 0.1) is 22.6 Å². The Morgan fingerprint density at radius 3 is 2.69 bits per heavy atom. The maximum Gasteiger partial charge on any atom is 0.419 e. The molecule has 138 valence electrons. The average molecular weight is 394 g/mol. The Labute approximate surface area is 162 Å². The number of carbonyl (C=O) groups is 2. The number of nitrogens with one attached hydrogen (secondary N) is 1. The Morgan fingerprint density at radius 2 is 1.92 bits per heavy atom. The molecular weight excluding hydrogens is 374 g/mol. The number of amides is 2. The predicted octanol–water partition coefficient (Wildman–Crippen LogP) is 4.10. The van der Waals surface area contributed by atoms with Crippen LogP contribution in [0.15, 0.2) is 35.0 Å². The highest BCUT2D eigenvalue weighted by Gasteiger charge is 2.32. The summed E-state index contributed by atoms with van der Waals surface area (Å²) < 4.78 is 5.78. The standard InChI is InChI=1S/C18H19N3O3S.ClH/c1-20-8-6-12(7-9-20)24-18(23)21-15-5-3-2-4-14(15)19-17(22)13-10-25-11-16(13)21;/h2-5,10-12H,6-9H2,1H3,(H,19,22);1H. The van der Waals surface area contributed by atoms with E-state index >= 15 is 0 Å². The molecule has 3 heterocycles. The van der Waals surface area contributed by atoms with Crippen LogP contribution in [-0.2, 0) is 4.74 Å². The van der Waals surface area contributed by atoms with Crippen LogP contribution in [0.1, 0.15) is 23.2 Å². The topological polar surface area (TPSA) is 61.9 Å². The maximum atomic E-state index is 13.0. The lowest BCUT2D eigenvalue weighted by Gasteiger charge is -2.30. The van der Waals surface area contributed by atoms with E-state index in [4.69, 9.17) is 4.74 Å². The number of anilines is 3. The molecule has 6 nitrogen and oxygen atoms in total. The van der Waals surface area contributed by atoms with Gasteiger partial charge in [0.15, 0.2) is 0 Å². The summed E-state index contributed by atoms with van der Waals surface area (Å²) in [5, 5.41) is 6.44. The van der Waals surface area contributed by atoms with Crippen molar-refractivity contribution in [2.75, 3.05) is 30.4 Å². The van der Waals surface area contributed by atoms with Crippen molar-refractivity contribution in [2.24, 2.45) is 0 Å². The van der Waals surface area contributed by atoms with Crippen LogP contribution in [0.5, 0.6) is 0 Å². The number of thiophene rings is 1. The summed E-state index contributed by atoms with van der Waals surface area (Å²) in [6.45, 7) is 1.83. The Bertz CT molecular complexity index is 818. The van der Waals surface area contributed by atoms with Gasteiger partial charge in [-0.2, -0.15) is 0 Å². The van der Waals surface area contributed by atoms with Gasteiger partial charge in [0.2, 0.25) is 0 Å². The van der Waals surface area contributed by atoms with Crippen molar-refractivity contribution in [3.05, 3.63) is 40.6 Å². The van der Waals surface area contributed by atoms with Crippen molar-refractivity contribution in [1.82, 2.24) is 4.90 Å². The van der Waals surface area contributed by atoms with Crippen molar-refractivity contribution >= 4 is 52.8 Å². The van der Waals surface area contributed by atoms with Gasteiger partial charge in [-0.15, -0.1) is 23.7 Å². The molecule has 2 amide bonds. The smallest absolute Gasteiger partial charge is 0.419 e. The summed E-state index contributed by atoms with van der Waals surface area (Å²) in [5.74, 6) is -0.210. The second-order valence-corrected chi connectivity index (χ2v) is 7.11. The van der Waals surface area contributed by atoms with Gasteiger partial charge >= 0.3 is 6.09 Å². The predicted molar refractivity (Wildman–Crippen MR) is 105 cm³/mol. The van der Waals surface area contributed by atoms with E-state index in [1.165, 1.54) is 16.2 Å². The third-order valence-corrected chi connectivity index (χ3v) is 5.37. The zero-order valence-corrected chi connectivity index (χ0v) is 15.9. The molecule has 26 heavy (non-hydrogen) atoms. The molecule has 1 aromatic heterocycles. The second kappa shape index (κ2) is 7.65. The van der Waals surface area contributed by atoms with E-state index in [9.17, 15) is 9.59 Å². The van der Waals surface area contributed by atoms with Gasteiger partial charge in [-0.25, -0.2) is 9.69 Å². The summed E-state index contributed by atoms with van der Waals surface area (Å²) in [7, 11) is 2.07. The highest BCUT2D eigenvalue weighted by Crippen LogP contribution is 2.40. The fourth-order valence-electron chi connectivity index (χ4n) is 3.22. The van der Waals surface area contributed by atoms with Gasteiger partial charge in [0.1, 0.15) is 6.10 Å². The van der Waals surface area contributed by atoms with Gasteiger partial charge in [-0.05, 0) is 32.0 Å². The molecule has 0 unspecified atom stereocenters. The van der Waals surface area contributed by atoms with Crippen LogP contribution < -0.4 is 10.2 Å². The van der Waals surface area contributed by atoms with Crippen LogP contribution in [0.3, 0.4) is 0 Å².